The van der Waals surface area contributed by atoms with E-state index in [-0.39, 0.29) is 17.7 Å². The largest absolute Gasteiger partial charge is 0.368 e. The number of nitrogens with zero attached hydrogens (tertiary/aromatic N) is 3. The lowest BCUT2D eigenvalue weighted by Gasteiger charge is -2.36. The van der Waals surface area contributed by atoms with Crippen LogP contribution in [0.3, 0.4) is 0 Å². The SMILES string of the molecule is C[C@H]1CC(=O)NN=C1c1ccc(N2CCN(C(=O)Cc3ccccc3)CC2)cc1. The van der Waals surface area contributed by atoms with E-state index in [1.807, 2.05) is 42.2 Å². The minimum atomic E-state index is -0.0300. The van der Waals surface area contributed by atoms with Crippen LogP contribution in [0, 0.1) is 5.92 Å². The molecular weight excluding hydrogens is 364 g/mol. The summed E-state index contributed by atoms with van der Waals surface area (Å²) in [6.45, 7) is 5.16. The number of hydrogen-bond acceptors (Lipinski definition) is 4. The molecule has 2 amide bonds. The molecule has 4 rings (SSSR count). The van der Waals surface area contributed by atoms with Crippen LogP contribution in [0.25, 0.3) is 0 Å². The third kappa shape index (κ3) is 4.47. The first kappa shape index (κ1) is 19.2. The van der Waals surface area contributed by atoms with Crippen molar-refractivity contribution in [1.29, 1.82) is 0 Å². The number of hydrazone groups is 1. The van der Waals surface area contributed by atoms with Crippen LogP contribution in [0.15, 0.2) is 59.7 Å². The van der Waals surface area contributed by atoms with Gasteiger partial charge in [0.15, 0.2) is 0 Å². The van der Waals surface area contributed by atoms with Crippen LogP contribution in [-0.2, 0) is 16.0 Å². The van der Waals surface area contributed by atoms with Gasteiger partial charge in [-0.05, 0) is 23.3 Å². The van der Waals surface area contributed by atoms with E-state index in [2.05, 4.69) is 39.7 Å². The number of carbonyl (C=O) groups excluding carboxylic acids is 2. The lowest BCUT2D eigenvalue weighted by molar-refractivity contribution is -0.130. The molecule has 6 heteroatoms. The van der Waals surface area contributed by atoms with Gasteiger partial charge < -0.3 is 9.80 Å². The molecule has 0 aliphatic carbocycles. The van der Waals surface area contributed by atoms with E-state index in [1.165, 1.54) is 0 Å². The van der Waals surface area contributed by atoms with Crippen molar-refractivity contribution in [1.82, 2.24) is 10.3 Å². The number of amides is 2. The van der Waals surface area contributed by atoms with Crippen LogP contribution in [0.4, 0.5) is 5.69 Å². The molecule has 29 heavy (non-hydrogen) atoms. The molecule has 150 valence electrons. The van der Waals surface area contributed by atoms with Crippen LogP contribution in [0.2, 0.25) is 0 Å². The molecule has 0 spiro atoms. The summed E-state index contributed by atoms with van der Waals surface area (Å²) >= 11 is 0. The highest BCUT2D eigenvalue weighted by Gasteiger charge is 2.23. The van der Waals surface area contributed by atoms with Gasteiger partial charge in [-0.15, -0.1) is 0 Å². The van der Waals surface area contributed by atoms with Crippen molar-refractivity contribution in [2.45, 2.75) is 19.8 Å². The van der Waals surface area contributed by atoms with Gasteiger partial charge in [0.2, 0.25) is 11.8 Å². The fourth-order valence-electron chi connectivity index (χ4n) is 3.94. The summed E-state index contributed by atoms with van der Waals surface area (Å²) in [5.41, 5.74) is 6.75. The maximum Gasteiger partial charge on any atom is 0.240 e. The Morgan fingerprint density at radius 1 is 1.03 bits per heavy atom. The van der Waals surface area contributed by atoms with Gasteiger partial charge in [-0.2, -0.15) is 5.10 Å². The molecule has 2 aromatic rings. The van der Waals surface area contributed by atoms with E-state index >= 15 is 0 Å². The summed E-state index contributed by atoms with van der Waals surface area (Å²) in [7, 11) is 0. The molecule has 2 heterocycles. The monoisotopic (exact) mass is 390 g/mol. The summed E-state index contributed by atoms with van der Waals surface area (Å²) in [6.07, 6.45) is 0.936. The van der Waals surface area contributed by atoms with Gasteiger partial charge in [-0.3, -0.25) is 9.59 Å². The number of rotatable bonds is 4. The highest BCUT2D eigenvalue weighted by Crippen LogP contribution is 2.21. The van der Waals surface area contributed by atoms with Crippen LogP contribution in [0.5, 0.6) is 0 Å². The second kappa shape index (κ2) is 8.47. The fourth-order valence-corrected chi connectivity index (χ4v) is 3.94. The Balaban J connectivity index is 1.34. The average Bonchev–Trinajstić information content (AvgIpc) is 2.75. The topological polar surface area (TPSA) is 65.0 Å². The molecule has 1 fully saturated rings. The van der Waals surface area contributed by atoms with E-state index in [1.54, 1.807) is 0 Å². The highest BCUT2D eigenvalue weighted by molar-refractivity contribution is 6.05. The molecule has 1 saturated heterocycles. The first-order valence-electron chi connectivity index (χ1n) is 10.1. The van der Waals surface area contributed by atoms with Crippen molar-refractivity contribution >= 4 is 23.2 Å². The Morgan fingerprint density at radius 3 is 2.38 bits per heavy atom. The molecular formula is C23H26N4O2. The molecule has 0 radical (unpaired) electrons. The number of anilines is 1. The summed E-state index contributed by atoms with van der Waals surface area (Å²) in [5, 5.41) is 4.23. The molecule has 2 aliphatic heterocycles. The average molecular weight is 390 g/mol. The Labute approximate surface area is 171 Å². The van der Waals surface area contributed by atoms with E-state index in [4.69, 9.17) is 0 Å². The van der Waals surface area contributed by atoms with E-state index < -0.39 is 0 Å². The molecule has 6 nitrogen and oxygen atoms in total. The van der Waals surface area contributed by atoms with Crippen molar-refractivity contribution < 1.29 is 9.59 Å². The number of nitrogens with one attached hydrogen (secondary N) is 1. The van der Waals surface area contributed by atoms with Gasteiger partial charge in [0.05, 0.1) is 12.1 Å². The summed E-state index contributed by atoms with van der Waals surface area (Å²) in [4.78, 5) is 28.3. The quantitative estimate of drug-likeness (QED) is 0.872. The first-order valence-corrected chi connectivity index (χ1v) is 10.1. The van der Waals surface area contributed by atoms with Gasteiger partial charge >= 0.3 is 0 Å². The van der Waals surface area contributed by atoms with Crippen molar-refractivity contribution in [3.8, 4) is 0 Å². The smallest absolute Gasteiger partial charge is 0.240 e. The van der Waals surface area contributed by atoms with Gasteiger partial charge in [0, 0.05) is 44.2 Å². The third-order valence-corrected chi connectivity index (χ3v) is 5.62. The molecule has 1 atom stereocenters. The normalized spacial score (nSPS) is 19.6. The minimum Gasteiger partial charge on any atom is -0.368 e. The van der Waals surface area contributed by atoms with Crippen molar-refractivity contribution in [3.63, 3.8) is 0 Å². The Bertz CT molecular complexity index is 900. The Morgan fingerprint density at radius 2 is 1.72 bits per heavy atom. The highest BCUT2D eigenvalue weighted by atomic mass is 16.2. The Kier molecular flexibility index (Phi) is 5.60. The molecule has 0 saturated carbocycles. The maximum atomic E-state index is 12.5. The van der Waals surface area contributed by atoms with E-state index in [9.17, 15) is 9.59 Å². The van der Waals surface area contributed by atoms with Crippen molar-refractivity contribution in [2.24, 2.45) is 11.0 Å². The van der Waals surface area contributed by atoms with Gasteiger partial charge in [-0.25, -0.2) is 5.43 Å². The standard InChI is InChI=1S/C23H26N4O2/c1-17-15-21(28)24-25-23(17)19-7-9-20(10-8-19)26-11-13-27(14-12-26)22(29)16-18-5-3-2-4-6-18/h2-10,17H,11-16H2,1H3,(H,24,28)/t17-/m0/s1. The molecule has 0 aromatic heterocycles. The van der Waals surface area contributed by atoms with Crippen LogP contribution in [-0.4, -0.2) is 48.6 Å². The van der Waals surface area contributed by atoms with Gasteiger partial charge in [-0.1, -0.05) is 49.4 Å². The third-order valence-electron chi connectivity index (χ3n) is 5.62. The lowest BCUT2D eigenvalue weighted by atomic mass is 9.94. The molecule has 0 unspecified atom stereocenters. The zero-order valence-corrected chi connectivity index (χ0v) is 16.7. The maximum absolute atomic E-state index is 12.5. The number of carbonyl (C=O) groups is 2. The van der Waals surface area contributed by atoms with Crippen molar-refractivity contribution in [2.75, 3.05) is 31.1 Å². The molecule has 2 aliphatic rings. The van der Waals surface area contributed by atoms with E-state index in [0.717, 1.165) is 48.7 Å². The van der Waals surface area contributed by atoms with Crippen molar-refractivity contribution in [3.05, 3.63) is 65.7 Å². The van der Waals surface area contributed by atoms with Crippen LogP contribution in [0.1, 0.15) is 24.5 Å². The second-order valence-electron chi connectivity index (χ2n) is 7.71. The summed E-state index contributed by atoms with van der Waals surface area (Å²) in [6, 6.07) is 18.2. The molecule has 0 bridgehead atoms. The van der Waals surface area contributed by atoms with Gasteiger partial charge in [0.1, 0.15) is 0 Å². The fraction of sp³-hybridized carbons (Fsp3) is 0.348. The van der Waals surface area contributed by atoms with Gasteiger partial charge in [0.25, 0.3) is 0 Å². The number of piperazine rings is 1. The minimum absolute atomic E-state index is 0.0300. The number of hydrogen-bond donors (Lipinski definition) is 1. The Hall–Kier alpha value is -3.15. The summed E-state index contributed by atoms with van der Waals surface area (Å²) in [5.74, 6) is 0.281. The van der Waals surface area contributed by atoms with Crippen LogP contribution >= 0.6 is 0 Å². The van der Waals surface area contributed by atoms with E-state index in [0.29, 0.717) is 12.8 Å². The predicted molar refractivity (Wildman–Crippen MR) is 114 cm³/mol. The van der Waals surface area contributed by atoms with Crippen LogP contribution < -0.4 is 10.3 Å². The lowest BCUT2D eigenvalue weighted by Crippen LogP contribution is -2.49. The number of benzene rings is 2. The first-order chi connectivity index (χ1) is 14.1. The zero-order chi connectivity index (χ0) is 20.2. The summed E-state index contributed by atoms with van der Waals surface area (Å²) < 4.78 is 0. The molecule has 2 aromatic carbocycles. The zero-order valence-electron chi connectivity index (χ0n) is 16.7. The second-order valence-corrected chi connectivity index (χ2v) is 7.71. The predicted octanol–water partition coefficient (Wildman–Crippen LogP) is 2.44. The molecule has 1 N–H and O–H groups in total.